The molecule has 0 aliphatic heterocycles. The molecule has 0 spiro atoms. The molecule has 1 heteroatoms. The molecule has 0 aromatic heterocycles. The smallest absolute Gasteiger partial charge is 0.0443 e. The predicted molar refractivity (Wildman–Crippen MR) is 169 cm³/mol. The minimum Gasteiger partial charge on any atom is -0.355 e. The van der Waals surface area contributed by atoms with Crippen molar-refractivity contribution in [2.24, 2.45) is 11.8 Å². The summed E-state index contributed by atoms with van der Waals surface area (Å²) in [6.07, 6.45) is 25.1. The molecule has 0 amide bonds. The minimum absolute atomic E-state index is 0.180. The van der Waals surface area contributed by atoms with Gasteiger partial charge >= 0.3 is 0 Å². The Bertz CT molecular complexity index is 1230. The Kier molecular flexibility index (Phi) is 10.4. The molecule has 0 bridgehead atoms. The van der Waals surface area contributed by atoms with E-state index in [-0.39, 0.29) is 11.3 Å². The lowest BCUT2D eigenvalue weighted by molar-refractivity contribution is 0.300. The summed E-state index contributed by atoms with van der Waals surface area (Å²) in [6, 6.07) is 13.5. The van der Waals surface area contributed by atoms with Crippen molar-refractivity contribution in [1.82, 2.24) is 0 Å². The largest absolute Gasteiger partial charge is 0.355 e. The molecule has 0 heterocycles. The second-order valence-corrected chi connectivity index (χ2v) is 10.1. The Labute approximate surface area is 232 Å². The number of benzene rings is 2. The highest BCUT2D eigenvalue weighted by molar-refractivity contribution is 5.70. The molecule has 38 heavy (non-hydrogen) atoms. The summed E-state index contributed by atoms with van der Waals surface area (Å²) in [6.45, 7) is 19.2. The number of fused-ring (bicyclic) bond motifs is 1. The Balaban J connectivity index is 0.00000195. The fourth-order valence-corrected chi connectivity index (χ4v) is 6.49. The summed E-state index contributed by atoms with van der Waals surface area (Å²) in [5.74, 6) is 0.907. The van der Waals surface area contributed by atoms with Gasteiger partial charge in [-0.25, -0.2) is 0 Å². The van der Waals surface area contributed by atoms with Crippen LogP contribution in [0.15, 0.2) is 109 Å². The quantitative estimate of drug-likeness (QED) is 0.278. The summed E-state index contributed by atoms with van der Waals surface area (Å²) in [5.41, 5.74) is 8.90. The lowest BCUT2D eigenvalue weighted by Crippen LogP contribution is -2.41. The summed E-state index contributed by atoms with van der Waals surface area (Å²) in [5, 5.41) is 3.78. The molecular formula is C37H47N. The van der Waals surface area contributed by atoms with Crippen LogP contribution >= 0.6 is 0 Å². The topological polar surface area (TPSA) is 12.0 Å². The summed E-state index contributed by atoms with van der Waals surface area (Å²) in [7, 11) is 0. The van der Waals surface area contributed by atoms with Crippen LogP contribution in [0.5, 0.6) is 0 Å². The Morgan fingerprint density at radius 2 is 1.82 bits per heavy atom. The van der Waals surface area contributed by atoms with Gasteiger partial charge in [-0.15, -0.1) is 6.58 Å². The molecule has 2 aliphatic carbocycles. The first kappa shape index (κ1) is 29.2. The zero-order valence-electron chi connectivity index (χ0n) is 24.6. The van der Waals surface area contributed by atoms with Crippen LogP contribution in [0.4, 0.5) is 11.4 Å². The van der Waals surface area contributed by atoms with E-state index in [1.54, 1.807) is 0 Å². The first-order valence-electron chi connectivity index (χ1n) is 14.4. The molecule has 4 unspecified atom stereocenters. The van der Waals surface area contributed by atoms with Crippen LogP contribution in [0, 0.1) is 25.7 Å². The molecule has 200 valence electrons. The maximum absolute atomic E-state index is 4.33. The number of hydrogen-bond acceptors (Lipinski definition) is 1. The zero-order chi connectivity index (χ0) is 27.7. The molecule has 2 aromatic rings. The third-order valence-corrected chi connectivity index (χ3v) is 8.06. The van der Waals surface area contributed by atoms with E-state index in [2.05, 4.69) is 144 Å². The Hall–Kier alpha value is -3.32. The van der Waals surface area contributed by atoms with Gasteiger partial charge in [-0.1, -0.05) is 106 Å². The first-order chi connectivity index (χ1) is 18.5. The number of para-hydroxylation sites is 1. The van der Waals surface area contributed by atoms with Crippen LogP contribution < -0.4 is 5.32 Å². The molecule has 2 aliphatic rings. The van der Waals surface area contributed by atoms with Gasteiger partial charge in [0.05, 0.1) is 0 Å². The van der Waals surface area contributed by atoms with E-state index < -0.39 is 0 Å². The van der Waals surface area contributed by atoms with Gasteiger partial charge in [-0.3, -0.25) is 0 Å². The van der Waals surface area contributed by atoms with Crippen LogP contribution in [-0.2, 0) is 5.41 Å². The van der Waals surface area contributed by atoms with E-state index in [1.165, 1.54) is 33.5 Å². The van der Waals surface area contributed by atoms with Gasteiger partial charge in [0.1, 0.15) is 0 Å². The van der Waals surface area contributed by atoms with Gasteiger partial charge in [0.15, 0.2) is 0 Å². The second-order valence-electron chi connectivity index (χ2n) is 10.1. The van der Waals surface area contributed by atoms with Crippen molar-refractivity contribution in [1.29, 1.82) is 0 Å². The van der Waals surface area contributed by atoms with Crippen molar-refractivity contribution < 1.29 is 0 Å². The Morgan fingerprint density at radius 1 is 1.08 bits per heavy atom. The molecule has 0 saturated heterocycles. The summed E-state index contributed by atoms with van der Waals surface area (Å²) in [4.78, 5) is 0. The van der Waals surface area contributed by atoms with E-state index >= 15 is 0 Å². The fourth-order valence-electron chi connectivity index (χ4n) is 6.49. The van der Waals surface area contributed by atoms with E-state index in [9.17, 15) is 0 Å². The van der Waals surface area contributed by atoms with Gasteiger partial charge in [-0.05, 0) is 86.4 Å². The minimum atomic E-state index is -0.180. The predicted octanol–water partition coefficient (Wildman–Crippen LogP) is 10.8. The molecule has 0 fully saturated rings. The van der Waals surface area contributed by atoms with Crippen LogP contribution in [0.2, 0.25) is 0 Å². The number of hydrogen-bond donors (Lipinski definition) is 1. The van der Waals surface area contributed by atoms with Crippen molar-refractivity contribution >= 4 is 11.4 Å². The van der Waals surface area contributed by atoms with Gasteiger partial charge < -0.3 is 5.32 Å². The van der Waals surface area contributed by atoms with Crippen molar-refractivity contribution in [2.45, 2.75) is 72.6 Å². The average Bonchev–Trinajstić information content (AvgIpc) is 3.22. The zero-order valence-corrected chi connectivity index (χ0v) is 24.6. The SMILES string of the molecule is C=CC1c2ccc(Nc3c(C)cccc3C)cc2C(C(/C=C\CC)=C/C)(C2C=CC=CC2)C1/C=C\C.CC. The molecule has 4 atom stereocenters. The number of nitrogens with one attached hydrogen (secondary N) is 1. The van der Waals surface area contributed by atoms with E-state index in [0.29, 0.717) is 11.8 Å². The molecule has 2 aromatic carbocycles. The lowest BCUT2D eigenvalue weighted by Gasteiger charge is -2.44. The van der Waals surface area contributed by atoms with Gasteiger partial charge in [0, 0.05) is 28.6 Å². The van der Waals surface area contributed by atoms with E-state index in [1.807, 2.05) is 13.8 Å². The highest BCUT2D eigenvalue weighted by Gasteiger charge is 2.55. The first-order valence-corrected chi connectivity index (χ1v) is 14.4. The molecule has 0 radical (unpaired) electrons. The van der Waals surface area contributed by atoms with Gasteiger partial charge in [0.2, 0.25) is 0 Å². The molecular weight excluding hydrogens is 458 g/mol. The van der Waals surface area contributed by atoms with Gasteiger partial charge in [-0.2, -0.15) is 0 Å². The lowest BCUT2D eigenvalue weighted by atomic mass is 9.58. The van der Waals surface area contributed by atoms with Crippen molar-refractivity contribution in [3.05, 3.63) is 132 Å². The van der Waals surface area contributed by atoms with Crippen molar-refractivity contribution in [3.63, 3.8) is 0 Å². The molecule has 4 rings (SSSR count). The molecule has 0 saturated carbocycles. The normalized spacial score (nSPS) is 24.4. The van der Waals surface area contributed by atoms with Crippen LogP contribution in [0.3, 0.4) is 0 Å². The number of rotatable bonds is 8. The number of allylic oxidation sites excluding steroid dienone is 11. The number of aryl methyl sites for hydroxylation is 2. The van der Waals surface area contributed by atoms with Crippen LogP contribution in [0.25, 0.3) is 0 Å². The maximum atomic E-state index is 4.33. The number of anilines is 2. The molecule has 1 N–H and O–H groups in total. The standard InChI is InChI=1S/C35H41N.C2H6/c1-7-11-19-27(9-3)35(28-20-13-12-14-21-28)32(16-8-2)30(10-4)31-23-22-29(24-33(31)35)36-34-25(5)17-15-18-26(34)6;1-2/h8-20,22-24,28,30,32,36H,4,7,21H2,1-3,5-6H3;1-2H3/b16-8-,19-11-,27-9+;. The third-order valence-electron chi connectivity index (χ3n) is 8.06. The highest BCUT2D eigenvalue weighted by atomic mass is 14.9. The third kappa shape index (κ3) is 5.30. The summed E-state index contributed by atoms with van der Waals surface area (Å²) < 4.78 is 0. The van der Waals surface area contributed by atoms with Crippen molar-refractivity contribution in [2.75, 3.05) is 5.32 Å². The second kappa shape index (κ2) is 13.5. The van der Waals surface area contributed by atoms with Gasteiger partial charge in [0.25, 0.3) is 0 Å². The van der Waals surface area contributed by atoms with E-state index in [4.69, 9.17) is 0 Å². The molecule has 1 nitrogen and oxygen atoms in total. The Morgan fingerprint density at radius 3 is 2.39 bits per heavy atom. The van der Waals surface area contributed by atoms with Crippen LogP contribution in [-0.4, -0.2) is 0 Å². The van der Waals surface area contributed by atoms with E-state index in [0.717, 1.165) is 18.5 Å². The van der Waals surface area contributed by atoms with Crippen LogP contribution in [0.1, 0.15) is 75.6 Å². The average molecular weight is 506 g/mol. The monoisotopic (exact) mass is 505 g/mol. The van der Waals surface area contributed by atoms with Crippen molar-refractivity contribution in [3.8, 4) is 0 Å². The maximum Gasteiger partial charge on any atom is 0.0443 e. The summed E-state index contributed by atoms with van der Waals surface area (Å²) >= 11 is 0. The highest BCUT2D eigenvalue weighted by Crippen LogP contribution is 2.61. The fraction of sp³-hybridized carbons (Fsp3) is 0.351.